The number of benzene rings is 1. The van der Waals surface area contributed by atoms with Gasteiger partial charge in [-0.25, -0.2) is 0 Å². The van der Waals surface area contributed by atoms with E-state index in [2.05, 4.69) is 18.3 Å². The molecule has 1 aliphatic rings. The Balaban J connectivity index is 2.00. The van der Waals surface area contributed by atoms with Gasteiger partial charge in [0.2, 0.25) is 0 Å². The largest absolute Gasteiger partial charge is 0.493 e. The second-order valence-electron chi connectivity index (χ2n) is 5.14. The van der Waals surface area contributed by atoms with E-state index in [-0.39, 0.29) is 5.54 Å². The van der Waals surface area contributed by atoms with Gasteiger partial charge >= 0.3 is 0 Å². The quantitative estimate of drug-likeness (QED) is 0.857. The number of rotatable bonds is 6. The fourth-order valence-corrected chi connectivity index (χ4v) is 2.22. The van der Waals surface area contributed by atoms with Crippen LogP contribution in [0.25, 0.3) is 0 Å². The predicted molar refractivity (Wildman–Crippen MR) is 74.8 cm³/mol. The summed E-state index contributed by atoms with van der Waals surface area (Å²) >= 11 is 0. The summed E-state index contributed by atoms with van der Waals surface area (Å²) in [5, 5.41) is 3.56. The van der Waals surface area contributed by atoms with Gasteiger partial charge in [-0.3, -0.25) is 0 Å². The van der Waals surface area contributed by atoms with Gasteiger partial charge in [0, 0.05) is 18.7 Å². The molecule has 0 saturated carbocycles. The van der Waals surface area contributed by atoms with Crippen molar-refractivity contribution in [2.45, 2.75) is 32.4 Å². The summed E-state index contributed by atoms with van der Waals surface area (Å²) < 4.78 is 16.3. The molecule has 1 N–H and O–H groups in total. The van der Waals surface area contributed by atoms with Crippen molar-refractivity contribution in [2.24, 2.45) is 0 Å². The molecular weight excluding hydrogens is 242 g/mol. The lowest BCUT2D eigenvalue weighted by molar-refractivity contribution is 0.171. The molecule has 1 aromatic carbocycles. The second kappa shape index (κ2) is 6.26. The van der Waals surface area contributed by atoms with Crippen molar-refractivity contribution in [3.63, 3.8) is 0 Å². The molecular formula is C15H23NO3. The van der Waals surface area contributed by atoms with Gasteiger partial charge in [-0.2, -0.15) is 0 Å². The normalized spacial score (nSPS) is 22.5. The number of ether oxygens (including phenoxy) is 3. The van der Waals surface area contributed by atoms with E-state index in [4.69, 9.17) is 14.2 Å². The zero-order chi connectivity index (χ0) is 13.7. The Hall–Kier alpha value is -1.26. The molecule has 106 valence electrons. The molecule has 4 heteroatoms. The predicted octanol–water partition coefficient (Wildman–Crippen LogP) is 2.36. The number of methoxy groups -OCH3 is 1. The number of nitrogens with one attached hydrogen (secondary N) is 1. The third-order valence-electron chi connectivity index (χ3n) is 3.47. The van der Waals surface area contributed by atoms with Crippen molar-refractivity contribution in [3.05, 3.63) is 23.8 Å². The van der Waals surface area contributed by atoms with Crippen molar-refractivity contribution in [1.82, 2.24) is 5.32 Å². The Bertz CT molecular complexity index is 414. The fourth-order valence-electron chi connectivity index (χ4n) is 2.22. The SMILES string of the molecule is CCOc1ccc(CNC2(C)CCOC2)cc1OC. The summed E-state index contributed by atoms with van der Waals surface area (Å²) in [6, 6.07) is 6.06. The average molecular weight is 265 g/mol. The zero-order valence-corrected chi connectivity index (χ0v) is 12.0. The lowest BCUT2D eigenvalue weighted by Gasteiger charge is -2.23. The molecule has 0 spiro atoms. The third kappa shape index (κ3) is 3.61. The highest BCUT2D eigenvalue weighted by atomic mass is 16.5. The van der Waals surface area contributed by atoms with Crippen molar-refractivity contribution in [3.8, 4) is 11.5 Å². The maximum Gasteiger partial charge on any atom is 0.161 e. The maximum atomic E-state index is 5.52. The molecule has 4 nitrogen and oxygen atoms in total. The molecule has 1 heterocycles. The van der Waals surface area contributed by atoms with Crippen LogP contribution in [0, 0.1) is 0 Å². The van der Waals surface area contributed by atoms with Crippen molar-refractivity contribution >= 4 is 0 Å². The molecule has 0 radical (unpaired) electrons. The van der Waals surface area contributed by atoms with E-state index in [1.54, 1.807) is 7.11 Å². The minimum Gasteiger partial charge on any atom is -0.493 e. The van der Waals surface area contributed by atoms with E-state index in [9.17, 15) is 0 Å². The smallest absolute Gasteiger partial charge is 0.161 e. The minimum atomic E-state index is 0.0891. The van der Waals surface area contributed by atoms with Gasteiger partial charge in [-0.15, -0.1) is 0 Å². The van der Waals surface area contributed by atoms with Crippen molar-refractivity contribution in [1.29, 1.82) is 0 Å². The minimum absolute atomic E-state index is 0.0891. The first kappa shape index (κ1) is 14.2. The molecule has 1 fully saturated rings. The molecule has 0 aliphatic carbocycles. The molecule has 19 heavy (non-hydrogen) atoms. The second-order valence-corrected chi connectivity index (χ2v) is 5.14. The van der Waals surface area contributed by atoms with Gasteiger partial charge in [-0.05, 0) is 38.0 Å². The van der Waals surface area contributed by atoms with Crippen molar-refractivity contribution < 1.29 is 14.2 Å². The maximum absolute atomic E-state index is 5.52. The van der Waals surface area contributed by atoms with Gasteiger partial charge in [0.05, 0.1) is 20.3 Å². The summed E-state index contributed by atoms with van der Waals surface area (Å²) in [6.45, 7) is 7.24. The third-order valence-corrected chi connectivity index (χ3v) is 3.47. The Kier molecular flexibility index (Phi) is 4.66. The summed E-state index contributed by atoms with van der Waals surface area (Å²) in [5.41, 5.74) is 1.28. The van der Waals surface area contributed by atoms with E-state index in [0.717, 1.165) is 37.7 Å². The summed E-state index contributed by atoms with van der Waals surface area (Å²) in [5.74, 6) is 1.58. The lowest BCUT2D eigenvalue weighted by atomic mass is 10.0. The summed E-state index contributed by atoms with van der Waals surface area (Å²) in [6.07, 6.45) is 1.06. The van der Waals surface area contributed by atoms with Gasteiger partial charge in [-0.1, -0.05) is 6.07 Å². The van der Waals surface area contributed by atoms with Gasteiger partial charge in [0.15, 0.2) is 11.5 Å². The monoisotopic (exact) mass is 265 g/mol. The summed E-state index contributed by atoms with van der Waals surface area (Å²) in [7, 11) is 1.67. The standard InChI is InChI=1S/C15H23NO3/c1-4-19-13-6-5-12(9-14(13)17-3)10-16-15(2)7-8-18-11-15/h5-6,9,16H,4,7-8,10-11H2,1-3H3. The molecule has 2 rings (SSSR count). The van der Waals surface area contributed by atoms with Crippen LogP contribution in [0.15, 0.2) is 18.2 Å². The molecule has 1 atom stereocenters. The average Bonchev–Trinajstić information content (AvgIpc) is 2.85. The Labute approximate surface area is 115 Å². The van der Waals surface area contributed by atoms with Crippen LogP contribution >= 0.6 is 0 Å². The first-order chi connectivity index (χ1) is 9.17. The Morgan fingerprint density at radius 1 is 1.37 bits per heavy atom. The van der Waals surface area contributed by atoms with E-state index in [1.165, 1.54) is 5.56 Å². The molecule has 0 aromatic heterocycles. The first-order valence-electron chi connectivity index (χ1n) is 6.79. The summed E-state index contributed by atoms with van der Waals surface area (Å²) in [4.78, 5) is 0. The zero-order valence-electron chi connectivity index (χ0n) is 12.0. The van der Waals surface area contributed by atoms with Crippen LogP contribution in [-0.4, -0.2) is 32.5 Å². The van der Waals surface area contributed by atoms with Crippen LogP contribution in [0.5, 0.6) is 11.5 Å². The Morgan fingerprint density at radius 2 is 2.21 bits per heavy atom. The number of hydrogen-bond acceptors (Lipinski definition) is 4. The number of hydrogen-bond donors (Lipinski definition) is 1. The van der Waals surface area contributed by atoms with E-state index in [1.807, 2.05) is 19.1 Å². The van der Waals surface area contributed by atoms with Crippen LogP contribution in [0.3, 0.4) is 0 Å². The Morgan fingerprint density at radius 3 is 2.84 bits per heavy atom. The van der Waals surface area contributed by atoms with Crippen LogP contribution in [0.4, 0.5) is 0 Å². The van der Waals surface area contributed by atoms with Crippen LogP contribution in [-0.2, 0) is 11.3 Å². The van der Waals surface area contributed by atoms with Crippen LogP contribution in [0.2, 0.25) is 0 Å². The highest BCUT2D eigenvalue weighted by Gasteiger charge is 2.28. The van der Waals surface area contributed by atoms with Gasteiger partial charge in [0.1, 0.15) is 0 Å². The highest BCUT2D eigenvalue weighted by molar-refractivity contribution is 5.43. The van der Waals surface area contributed by atoms with E-state index in [0.29, 0.717) is 6.61 Å². The fraction of sp³-hybridized carbons (Fsp3) is 0.600. The lowest BCUT2D eigenvalue weighted by Crippen LogP contribution is -2.42. The van der Waals surface area contributed by atoms with Crippen molar-refractivity contribution in [2.75, 3.05) is 26.9 Å². The molecule has 1 aliphatic heterocycles. The topological polar surface area (TPSA) is 39.7 Å². The molecule has 1 aromatic rings. The van der Waals surface area contributed by atoms with Gasteiger partial charge in [0.25, 0.3) is 0 Å². The molecule has 1 unspecified atom stereocenters. The molecule has 0 bridgehead atoms. The van der Waals surface area contributed by atoms with E-state index < -0.39 is 0 Å². The van der Waals surface area contributed by atoms with Crippen LogP contribution < -0.4 is 14.8 Å². The molecule has 1 saturated heterocycles. The first-order valence-corrected chi connectivity index (χ1v) is 6.79. The highest BCUT2D eigenvalue weighted by Crippen LogP contribution is 2.28. The van der Waals surface area contributed by atoms with E-state index >= 15 is 0 Å². The molecule has 0 amide bonds. The van der Waals surface area contributed by atoms with Crippen LogP contribution in [0.1, 0.15) is 25.8 Å². The van der Waals surface area contributed by atoms with Gasteiger partial charge < -0.3 is 19.5 Å².